The van der Waals surface area contributed by atoms with Gasteiger partial charge in [0.2, 0.25) is 0 Å². The molecule has 0 N–H and O–H groups in total. The van der Waals surface area contributed by atoms with E-state index in [9.17, 15) is 9.90 Å². The van der Waals surface area contributed by atoms with Crippen molar-refractivity contribution in [3.63, 3.8) is 0 Å². The van der Waals surface area contributed by atoms with Gasteiger partial charge in [0.25, 0.3) is 0 Å². The van der Waals surface area contributed by atoms with Crippen molar-refractivity contribution in [2.45, 2.75) is 6.92 Å². The fraction of sp³-hybridized carbons (Fsp3) is 0.250. The van der Waals surface area contributed by atoms with E-state index in [1.807, 2.05) is 0 Å². The van der Waals surface area contributed by atoms with E-state index in [2.05, 4.69) is 0 Å². The van der Waals surface area contributed by atoms with Gasteiger partial charge in [0.15, 0.2) is 0 Å². The van der Waals surface area contributed by atoms with Crippen molar-refractivity contribution in [1.29, 1.82) is 0 Å². The van der Waals surface area contributed by atoms with Crippen LogP contribution in [0.25, 0.3) is 0 Å². The molecule has 0 amide bonds. The minimum absolute atomic E-state index is 0. The first-order chi connectivity index (χ1) is 3.18. The molecule has 0 unspecified atom stereocenters. The molecule has 4 heteroatoms. The van der Waals surface area contributed by atoms with E-state index in [4.69, 9.17) is 11.6 Å². The van der Waals surface area contributed by atoms with Crippen molar-refractivity contribution in [3.8, 4) is 0 Å². The number of halogens is 1. The Labute approximate surface area is 72.7 Å². The first kappa shape index (κ1) is 11.2. The first-order valence-electron chi connectivity index (χ1n) is 1.71. The van der Waals surface area contributed by atoms with Crippen molar-refractivity contribution >= 4 is 44.9 Å². The molecule has 0 atom stereocenters. The summed E-state index contributed by atoms with van der Waals surface area (Å²) in [6.45, 7) is 1.53. The van der Waals surface area contributed by atoms with Gasteiger partial charge >= 0.3 is 27.3 Å². The van der Waals surface area contributed by atoms with Crippen LogP contribution in [0.2, 0.25) is 0 Å². The predicted molar refractivity (Wildman–Crippen MR) is 30.4 cm³/mol. The molecule has 2 nitrogen and oxygen atoms in total. The number of allylic oxidation sites excluding steroid dienone is 1. The minimum atomic E-state index is -1.33. The second kappa shape index (κ2) is 5.56. The molecular formula is C4H4ClO2Tl. The van der Waals surface area contributed by atoms with Crippen LogP contribution in [0.15, 0.2) is 11.1 Å². The molecule has 0 radical (unpaired) electrons. The molecule has 8 heavy (non-hydrogen) atoms. The van der Waals surface area contributed by atoms with Crippen LogP contribution < -0.4 is 5.11 Å². The summed E-state index contributed by atoms with van der Waals surface area (Å²) in [5.41, 5.74) is 0. The van der Waals surface area contributed by atoms with Gasteiger partial charge in [0, 0.05) is 0 Å². The normalized spacial score (nSPS) is 10.0. The average Bonchev–Trinajstić information content (AvgIpc) is 1.65. The first-order valence-corrected chi connectivity index (χ1v) is 2.09. The number of rotatable bonds is 1. The van der Waals surface area contributed by atoms with E-state index in [0.717, 1.165) is 0 Å². The molecule has 42 valence electrons. The predicted octanol–water partition coefficient (Wildman–Crippen LogP) is -0.502. The summed E-state index contributed by atoms with van der Waals surface area (Å²) in [6.07, 6.45) is 1.26. The number of hydrogen-bond acceptors (Lipinski definition) is 2. The zero-order valence-corrected chi connectivity index (χ0v) is 9.59. The van der Waals surface area contributed by atoms with Gasteiger partial charge in [-0.15, -0.1) is 0 Å². The molecule has 0 saturated heterocycles. The summed E-state index contributed by atoms with van der Waals surface area (Å²) in [5.74, 6) is -1.33. The maximum Gasteiger partial charge on any atom is 1.00 e. The molecule has 0 fully saturated rings. The van der Waals surface area contributed by atoms with E-state index in [0.29, 0.717) is 0 Å². The van der Waals surface area contributed by atoms with Gasteiger partial charge in [-0.1, -0.05) is 17.7 Å². The van der Waals surface area contributed by atoms with Crippen molar-refractivity contribution in [2.75, 3.05) is 0 Å². The van der Waals surface area contributed by atoms with Crippen molar-refractivity contribution in [2.24, 2.45) is 0 Å². The quantitative estimate of drug-likeness (QED) is 0.482. The molecule has 0 aliphatic heterocycles. The van der Waals surface area contributed by atoms with Crippen LogP contribution in [0, 0.1) is 0 Å². The fourth-order valence-corrected chi connectivity index (χ4v) is 0.118. The topological polar surface area (TPSA) is 40.1 Å². The summed E-state index contributed by atoms with van der Waals surface area (Å²) in [4.78, 5) is 9.62. The Morgan fingerprint density at radius 3 is 2.12 bits per heavy atom. The molecule has 0 rings (SSSR count). The van der Waals surface area contributed by atoms with Gasteiger partial charge in [-0.05, 0) is 6.92 Å². The van der Waals surface area contributed by atoms with Crippen LogP contribution in [0.5, 0.6) is 0 Å². The molecular weight excluding hydrogens is 320 g/mol. The second-order valence-corrected chi connectivity index (χ2v) is 1.33. The maximum atomic E-state index is 9.62. The van der Waals surface area contributed by atoms with E-state index >= 15 is 0 Å². The zero-order chi connectivity index (χ0) is 5.86. The maximum absolute atomic E-state index is 9.62. The standard InChI is InChI=1S/C4H5ClO2.Tl/c1-2-3(5)4(6)7;/h2H,1H3,(H,6,7);/q;+1/p-1/b3-2-;. The van der Waals surface area contributed by atoms with Crippen LogP contribution in [-0.4, -0.2) is 33.3 Å². The number of hydrogen-bond donors (Lipinski definition) is 0. The summed E-state index contributed by atoms with van der Waals surface area (Å²) in [7, 11) is 0. The van der Waals surface area contributed by atoms with Gasteiger partial charge in [-0.2, -0.15) is 0 Å². The number of carboxylic acids is 1. The van der Waals surface area contributed by atoms with E-state index < -0.39 is 5.97 Å². The van der Waals surface area contributed by atoms with Crippen molar-refractivity contribution in [3.05, 3.63) is 11.1 Å². The zero-order valence-electron chi connectivity index (χ0n) is 4.35. The molecule has 0 aromatic heterocycles. The number of carboxylic acid groups (broad SMARTS) is 1. The third kappa shape index (κ3) is 4.58. The SMILES string of the molecule is C/C=C(\Cl)C(=O)[O-].[Tl+]. The van der Waals surface area contributed by atoms with Crippen molar-refractivity contribution in [1.82, 2.24) is 0 Å². The Morgan fingerprint density at radius 1 is 1.75 bits per heavy atom. The molecule has 0 aromatic carbocycles. The summed E-state index contributed by atoms with van der Waals surface area (Å²) >= 11 is 5.00. The van der Waals surface area contributed by atoms with Gasteiger partial charge in [0.1, 0.15) is 0 Å². The van der Waals surface area contributed by atoms with Crippen LogP contribution in [-0.2, 0) is 4.79 Å². The Morgan fingerprint density at radius 2 is 2.12 bits per heavy atom. The minimum Gasteiger partial charge on any atom is -0.544 e. The van der Waals surface area contributed by atoms with Gasteiger partial charge in [-0.3, -0.25) is 0 Å². The van der Waals surface area contributed by atoms with Gasteiger partial charge < -0.3 is 9.90 Å². The average molecular weight is 324 g/mol. The molecule has 0 bridgehead atoms. The second-order valence-electron chi connectivity index (χ2n) is 0.924. The molecule has 0 spiro atoms. The number of aliphatic carboxylic acids is 1. The largest absolute Gasteiger partial charge is 1.00 e. The Hall–Kier alpha value is 0.422. The molecule has 0 aromatic rings. The summed E-state index contributed by atoms with van der Waals surface area (Å²) < 4.78 is 0. The van der Waals surface area contributed by atoms with Crippen LogP contribution >= 0.6 is 11.6 Å². The van der Waals surface area contributed by atoms with Crippen molar-refractivity contribution < 1.29 is 9.90 Å². The van der Waals surface area contributed by atoms with Crippen LogP contribution in [0.4, 0.5) is 0 Å². The molecule has 0 aliphatic rings. The molecule has 0 saturated carbocycles. The van der Waals surface area contributed by atoms with E-state index in [1.54, 1.807) is 0 Å². The third-order valence-corrected chi connectivity index (χ3v) is 0.821. The summed E-state index contributed by atoms with van der Waals surface area (Å²) in [5, 5.41) is 9.37. The smallest absolute Gasteiger partial charge is 0.544 e. The Bertz CT molecular complexity index is 111. The molecule has 0 aliphatic carbocycles. The fourth-order valence-electron chi connectivity index (χ4n) is 0.118. The van der Waals surface area contributed by atoms with Crippen LogP contribution in [0.1, 0.15) is 6.92 Å². The summed E-state index contributed by atoms with van der Waals surface area (Å²) in [6, 6.07) is 0. The van der Waals surface area contributed by atoms with Gasteiger partial charge in [-0.25, -0.2) is 0 Å². The third-order valence-electron chi connectivity index (χ3n) is 0.448. The monoisotopic (exact) mass is 324 g/mol. The van der Waals surface area contributed by atoms with E-state index in [-0.39, 0.29) is 32.3 Å². The molecule has 0 heterocycles. The van der Waals surface area contributed by atoms with Gasteiger partial charge in [0.05, 0.1) is 11.0 Å². The van der Waals surface area contributed by atoms with Crippen LogP contribution in [0.3, 0.4) is 0 Å². The number of carbonyl (C=O) groups is 1. The van der Waals surface area contributed by atoms with E-state index in [1.165, 1.54) is 13.0 Å². The number of carbonyl (C=O) groups excluding carboxylic acids is 1. The Kier molecular flexibility index (Phi) is 7.81. The Balaban J connectivity index is 0.